The summed E-state index contributed by atoms with van der Waals surface area (Å²) < 4.78 is 98.9. The molecule has 0 atom stereocenters. The molecular weight excluding hydrogens is 353 g/mol. The van der Waals surface area contributed by atoms with Gasteiger partial charge in [0.1, 0.15) is 0 Å². The van der Waals surface area contributed by atoms with Crippen molar-refractivity contribution in [3.05, 3.63) is 35.8 Å². The highest BCUT2D eigenvalue weighted by Crippen LogP contribution is 2.50. The summed E-state index contributed by atoms with van der Waals surface area (Å²) in [5.74, 6) is -15.9. The van der Waals surface area contributed by atoms with E-state index in [1.54, 1.807) is 0 Å². The molecule has 0 amide bonds. The molecule has 0 spiro atoms. The topological polar surface area (TPSA) is 56.5 Å². The van der Waals surface area contributed by atoms with Crippen molar-refractivity contribution in [3.63, 3.8) is 0 Å². The van der Waals surface area contributed by atoms with Gasteiger partial charge in [-0.25, -0.2) is 0 Å². The Morgan fingerprint density at radius 1 is 1.17 bits per heavy atom. The molecule has 0 fully saturated rings. The number of allylic oxidation sites excluding steroid dienone is 1. The van der Waals surface area contributed by atoms with Crippen LogP contribution >= 0.6 is 0 Å². The molecule has 0 unspecified atom stereocenters. The van der Waals surface area contributed by atoms with Crippen molar-refractivity contribution in [2.45, 2.75) is 24.4 Å². The molecule has 0 aliphatic rings. The van der Waals surface area contributed by atoms with Gasteiger partial charge in [0, 0.05) is 5.57 Å². The van der Waals surface area contributed by atoms with Gasteiger partial charge in [0.25, 0.3) is 0 Å². The predicted molar refractivity (Wildman–Crippen MR) is 63.7 cm³/mol. The highest BCUT2D eigenvalue weighted by atomic mass is 19.4. The molecule has 0 aliphatic carbocycles. The lowest BCUT2D eigenvalue weighted by atomic mass is 9.97. The molecule has 0 bridgehead atoms. The van der Waals surface area contributed by atoms with Gasteiger partial charge in [-0.1, -0.05) is 0 Å². The first kappa shape index (κ1) is 19.7. The Kier molecular flexibility index (Phi) is 5.47. The van der Waals surface area contributed by atoms with Crippen LogP contribution in [0.5, 0.6) is 0 Å². The average molecular weight is 362 g/mol. The van der Waals surface area contributed by atoms with Crippen molar-refractivity contribution in [1.29, 1.82) is 0 Å². The van der Waals surface area contributed by atoms with Crippen molar-refractivity contribution < 1.29 is 49.5 Å². The van der Waals surface area contributed by atoms with E-state index in [2.05, 4.69) is 9.15 Å². The molecule has 1 aromatic rings. The Balaban J connectivity index is 3.37. The van der Waals surface area contributed by atoms with Gasteiger partial charge in [-0.05, 0) is 18.2 Å². The number of rotatable bonds is 6. The molecule has 0 N–H and O–H groups in total. The average Bonchev–Trinajstić information content (AvgIpc) is 2.99. The number of ether oxygens (including phenoxy) is 1. The third-order valence-corrected chi connectivity index (χ3v) is 2.79. The van der Waals surface area contributed by atoms with E-state index in [1.807, 2.05) is 0 Å². The van der Waals surface area contributed by atoms with Crippen LogP contribution in [0.2, 0.25) is 0 Å². The van der Waals surface area contributed by atoms with Crippen LogP contribution in [-0.4, -0.2) is 36.9 Å². The Labute approximate surface area is 129 Å². The Morgan fingerprint density at radius 2 is 1.75 bits per heavy atom. The van der Waals surface area contributed by atoms with Crippen LogP contribution in [0.1, 0.15) is 17.0 Å². The summed E-state index contributed by atoms with van der Waals surface area (Å²) in [6, 6.07) is 2.12. The minimum Gasteiger partial charge on any atom is -0.469 e. The van der Waals surface area contributed by atoms with Crippen LogP contribution in [0.4, 0.5) is 30.7 Å². The molecule has 11 heteroatoms. The quantitative estimate of drug-likeness (QED) is 0.334. The maximum absolute atomic E-state index is 13.7. The minimum atomic E-state index is -6.61. The Bertz CT molecular complexity index is 629. The number of furan rings is 1. The maximum Gasteiger partial charge on any atom is 0.460 e. The summed E-state index contributed by atoms with van der Waals surface area (Å²) in [5.41, 5.74) is -2.06. The van der Waals surface area contributed by atoms with Crippen LogP contribution in [0.15, 0.2) is 34.5 Å². The zero-order valence-corrected chi connectivity index (χ0v) is 11.8. The number of carbonyl (C=O) groups is 2. The summed E-state index contributed by atoms with van der Waals surface area (Å²) in [6.07, 6.45) is -7.51. The fourth-order valence-corrected chi connectivity index (χ4v) is 1.51. The molecule has 134 valence electrons. The normalized spacial score (nSPS) is 13.8. The third-order valence-electron chi connectivity index (χ3n) is 2.79. The molecule has 0 radical (unpaired) electrons. The van der Waals surface area contributed by atoms with Crippen molar-refractivity contribution in [3.8, 4) is 0 Å². The number of hydrogen-bond donors (Lipinski definition) is 0. The number of methoxy groups -OCH3 is 1. The lowest BCUT2D eigenvalue weighted by Gasteiger charge is -2.29. The van der Waals surface area contributed by atoms with Crippen LogP contribution in [0, 0.1) is 0 Å². The van der Waals surface area contributed by atoms with Crippen molar-refractivity contribution >= 4 is 11.8 Å². The molecule has 1 aromatic heterocycles. The van der Waals surface area contributed by atoms with Crippen molar-refractivity contribution in [2.24, 2.45) is 0 Å². The van der Waals surface area contributed by atoms with Crippen LogP contribution in [-0.2, 0) is 9.53 Å². The van der Waals surface area contributed by atoms with Gasteiger partial charge in [0.2, 0.25) is 5.78 Å². The second kappa shape index (κ2) is 6.65. The van der Waals surface area contributed by atoms with E-state index in [-0.39, 0.29) is 6.08 Å². The fourth-order valence-electron chi connectivity index (χ4n) is 1.51. The fraction of sp³-hybridized carbons (Fsp3) is 0.385. The van der Waals surface area contributed by atoms with Crippen LogP contribution < -0.4 is 0 Å². The molecule has 0 saturated heterocycles. The number of ketones is 1. The number of hydrogen-bond acceptors (Lipinski definition) is 4. The van der Waals surface area contributed by atoms with Gasteiger partial charge in [0.05, 0.1) is 19.8 Å². The smallest absolute Gasteiger partial charge is 0.460 e. The summed E-state index contributed by atoms with van der Waals surface area (Å²) in [6.45, 7) is 0. The monoisotopic (exact) mass is 362 g/mol. The molecule has 1 heterocycles. The first-order valence-electron chi connectivity index (χ1n) is 6.02. The van der Waals surface area contributed by atoms with Crippen LogP contribution in [0.3, 0.4) is 0 Å². The summed E-state index contributed by atoms with van der Waals surface area (Å²) in [4.78, 5) is 22.7. The molecule has 4 nitrogen and oxygen atoms in total. The molecule has 0 aliphatic heterocycles. The molecule has 1 rings (SSSR count). The van der Waals surface area contributed by atoms with Crippen LogP contribution in [0.25, 0.3) is 0 Å². The lowest BCUT2D eigenvalue weighted by Crippen LogP contribution is -2.53. The second-order valence-electron chi connectivity index (χ2n) is 4.41. The molecule has 0 aromatic carbocycles. The summed E-state index contributed by atoms with van der Waals surface area (Å²) in [7, 11) is 0.703. The van der Waals surface area contributed by atoms with E-state index in [0.717, 1.165) is 18.4 Å². The predicted octanol–water partition coefficient (Wildman–Crippen LogP) is 3.78. The third kappa shape index (κ3) is 3.77. The first-order valence-corrected chi connectivity index (χ1v) is 6.02. The van der Waals surface area contributed by atoms with Gasteiger partial charge in [-0.15, -0.1) is 0 Å². The lowest BCUT2D eigenvalue weighted by molar-refractivity contribution is -0.344. The van der Waals surface area contributed by atoms with E-state index in [1.165, 1.54) is 0 Å². The van der Waals surface area contributed by atoms with E-state index < -0.39 is 47.5 Å². The summed E-state index contributed by atoms with van der Waals surface area (Å²) >= 11 is 0. The van der Waals surface area contributed by atoms with Gasteiger partial charge < -0.3 is 9.15 Å². The van der Waals surface area contributed by atoms with Gasteiger partial charge >= 0.3 is 24.0 Å². The number of esters is 1. The van der Waals surface area contributed by atoms with Gasteiger partial charge in [-0.3, -0.25) is 9.59 Å². The largest absolute Gasteiger partial charge is 0.469 e. The first-order chi connectivity index (χ1) is 10.8. The minimum absolute atomic E-state index is 0.199. The van der Waals surface area contributed by atoms with Gasteiger partial charge in [0.15, 0.2) is 5.76 Å². The molecule has 0 saturated carbocycles. The van der Waals surface area contributed by atoms with Crippen molar-refractivity contribution in [1.82, 2.24) is 0 Å². The Hall–Kier alpha value is -2.33. The number of halogens is 7. The SMILES string of the molecule is COC(=O)C/C(=C/C(=O)c1ccco1)C(F)(F)C(F)(F)C(F)(F)F. The Morgan fingerprint density at radius 3 is 2.17 bits per heavy atom. The number of alkyl halides is 7. The summed E-state index contributed by atoms with van der Waals surface area (Å²) in [5, 5.41) is 0. The zero-order chi connectivity index (χ0) is 18.8. The standard InChI is InChI=1S/C13H9F7O4/c1-23-10(22)6-7(5-8(21)9-3-2-4-24-9)11(14,15)12(16,17)13(18,19)20/h2-5H,6H2,1H3/b7-5-. The van der Waals surface area contributed by atoms with Crippen molar-refractivity contribution in [2.75, 3.05) is 7.11 Å². The molecular formula is C13H9F7O4. The zero-order valence-electron chi connectivity index (χ0n) is 11.8. The maximum atomic E-state index is 13.7. The van der Waals surface area contributed by atoms with E-state index in [0.29, 0.717) is 7.11 Å². The highest BCUT2D eigenvalue weighted by molar-refractivity contribution is 6.03. The molecule has 24 heavy (non-hydrogen) atoms. The van der Waals surface area contributed by atoms with Gasteiger partial charge in [-0.2, -0.15) is 30.7 Å². The van der Waals surface area contributed by atoms with E-state index in [4.69, 9.17) is 0 Å². The number of carbonyl (C=O) groups excluding carboxylic acids is 2. The van der Waals surface area contributed by atoms with E-state index in [9.17, 15) is 40.3 Å². The second-order valence-corrected chi connectivity index (χ2v) is 4.41. The van der Waals surface area contributed by atoms with E-state index >= 15 is 0 Å². The highest BCUT2D eigenvalue weighted by Gasteiger charge is 2.74.